The lowest BCUT2D eigenvalue weighted by atomic mass is 10.1. The Morgan fingerprint density at radius 1 is 0.344 bits per heavy atom. The lowest BCUT2D eigenvalue weighted by Gasteiger charge is -2.18. The first kappa shape index (κ1) is 59.8. The van der Waals surface area contributed by atoms with E-state index < -0.39 is 6.10 Å². The Bertz CT molecular complexity index is 1410. The third-order valence-electron chi connectivity index (χ3n) is 9.87. The third kappa shape index (κ3) is 50.4. The summed E-state index contributed by atoms with van der Waals surface area (Å²) in [5, 5.41) is 0. The van der Waals surface area contributed by atoms with Gasteiger partial charge >= 0.3 is 11.9 Å². The van der Waals surface area contributed by atoms with E-state index >= 15 is 0 Å². The Morgan fingerprint density at radius 3 is 1.06 bits per heavy atom. The maximum atomic E-state index is 12.8. The Kier molecular flexibility index (Phi) is 49.6. The number of rotatable bonds is 44. The molecule has 0 radical (unpaired) electrons. The minimum atomic E-state index is -0.608. The summed E-state index contributed by atoms with van der Waals surface area (Å²) in [6.45, 7) is 7.20. The summed E-state index contributed by atoms with van der Waals surface area (Å²) in [5.41, 5.74) is 0. The zero-order chi connectivity index (χ0) is 46.3. The van der Waals surface area contributed by atoms with Crippen molar-refractivity contribution in [3.8, 4) is 0 Å². The van der Waals surface area contributed by atoms with Crippen molar-refractivity contribution in [3.63, 3.8) is 0 Å². The largest absolute Gasteiger partial charge is 0.462 e. The molecule has 64 heavy (non-hydrogen) atoms. The number of carbonyl (C=O) groups excluding carboxylic acids is 2. The monoisotopic (exact) mass is 881 g/mol. The van der Waals surface area contributed by atoms with Crippen LogP contribution in [-0.4, -0.2) is 37.9 Å². The van der Waals surface area contributed by atoms with Crippen molar-refractivity contribution in [2.75, 3.05) is 19.8 Å². The van der Waals surface area contributed by atoms with Gasteiger partial charge in [-0.2, -0.15) is 0 Å². The van der Waals surface area contributed by atoms with Gasteiger partial charge in [-0.3, -0.25) is 9.59 Å². The molecule has 0 bridgehead atoms. The van der Waals surface area contributed by atoms with Gasteiger partial charge in [-0.05, 0) is 122 Å². The van der Waals surface area contributed by atoms with E-state index in [9.17, 15) is 9.59 Å². The molecule has 0 aromatic carbocycles. The number of esters is 2. The second-order valence-electron chi connectivity index (χ2n) is 15.9. The maximum Gasteiger partial charge on any atom is 0.306 e. The fraction of sp³-hybridized carbons (Fsp3) is 0.559. The molecule has 0 N–H and O–H groups in total. The van der Waals surface area contributed by atoms with Crippen molar-refractivity contribution in [1.82, 2.24) is 0 Å². The molecule has 0 saturated carbocycles. The van der Waals surface area contributed by atoms with E-state index in [4.69, 9.17) is 14.2 Å². The predicted octanol–water partition coefficient (Wildman–Crippen LogP) is 17.3. The zero-order valence-corrected chi connectivity index (χ0v) is 41.0. The second-order valence-corrected chi connectivity index (χ2v) is 15.9. The molecule has 0 heterocycles. The summed E-state index contributed by atoms with van der Waals surface area (Å²) in [4.78, 5) is 25.4. The quantitative estimate of drug-likeness (QED) is 0.0347. The lowest BCUT2D eigenvalue weighted by Crippen LogP contribution is -2.30. The number of hydrogen-bond donors (Lipinski definition) is 0. The SMILES string of the molecule is CC/C=C\C/C=C\C/C=C\C/C=C\C/C=C\CCOCC(COC(=O)CCCCCCCC/C=C\C/C=C\C/C=C\C/C=C\CC)OC(=O)CCCCC/C=C\C/C=C\C/C=C\CC. The van der Waals surface area contributed by atoms with Gasteiger partial charge in [0.05, 0.1) is 13.2 Å². The van der Waals surface area contributed by atoms with Crippen LogP contribution in [0.2, 0.25) is 0 Å². The fourth-order valence-corrected chi connectivity index (χ4v) is 6.22. The van der Waals surface area contributed by atoms with Gasteiger partial charge in [0.2, 0.25) is 0 Å². The molecule has 5 nitrogen and oxygen atoms in total. The van der Waals surface area contributed by atoms with Gasteiger partial charge in [-0.25, -0.2) is 0 Å². The molecule has 0 aromatic heterocycles. The second kappa shape index (κ2) is 53.1. The number of hydrogen-bond acceptors (Lipinski definition) is 5. The summed E-state index contributed by atoms with van der Waals surface area (Å²) < 4.78 is 17.2. The Hall–Kier alpha value is -4.22. The van der Waals surface area contributed by atoms with E-state index in [0.717, 1.165) is 135 Å². The van der Waals surface area contributed by atoms with E-state index in [-0.39, 0.29) is 25.2 Å². The average molecular weight is 881 g/mol. The van der Waals surface area contributed by atoms with Crippen LogP contribution in [0.15, 0.2) is 146 Å². The molecule has 1 unspecified atom stereocenters. The molecular formula is C59H92O5. The smallest absolute Gasteiger partial charge is 0.306 e. The molecule has 0 aliphatic carbocycles. The van der Waals surface area contributed by atoms with E-state index in [1.165, 1.54) is 19.3 Å². The van der Waals surface area contributed by atoms with Crippen LogP contribution < -0.4 is 0 Å². The number of allylic oxidation sites excluding steroid dienone is 23. The summed E-state index contributed by atoms with van der Waals surface area (Å²) >= 11 is 0. The first-order chi connectivity index (χ1) is 31.6. The van der Waals surface area contributed by atoms with Gasteiger partial charge in [0, 0.05) is 12.8 Å². The van der Waals surface area contributed by atoms with Crippen LogP contribution in [0, 0.1) is 0 Å². The minimum absolute atomic E-state index is 0.0255. The normalized spacial score (nSPS) is 13.5. The van der Waals surface area contributed by atoms with Crippen molar-refractivity contribution < 1.29 is 23.8 Å². The molecule has 5 heteroatoms. The van der Waals surface area contributed by atoms with Crippen LogP contribution in [0.25, 0.3) is 0 Å². The van der Waals surface area contributed by atoms with Gasteiger partial charge < -0.3 is 14.2 Å². The van der Waals surface area contributed by atoms with Crippen LogP contribution in [0.5, 0.6) is 0 Å². The van der Waals surface area contributed by atoms with Crippen LogP contribution >= 0.6 is 0 Å². The van der Waals surface area contributed by atoms with Gasteiger partial charge in [-0.1, -0.05) is 199 Å². The molecule has 0 rings (SSSR count). The molecule has 0 aliphatic heterocycles. The summed E-state index contributed by atoms with van der Waals surface area (Å²) in [7, 11) is 0. The van der Waals surface area contributed by atoms with Gasteiger partial charge in [0.1, 0.15) is 6.61 Å². The number of ether oxygens (including phenoxy) is 3. The van der Waals surface area contributed by atoms with Crippen molar-refractivity contribution in [1.29, 1.82) is 0 Å². The van der Waals surface area contributed by atoms with E-state index in [1.807, 2.05) is 0 Å². The first-order valence-electron chi connectivity index (χ1n) is 25.4. The number of carbonyl (C=O) groups is 2. The Labute approximate surface area is 393 Å². The highest BCUT2D eigenvalue weighted by molar-refractivity contribution is 5.70. The molecule has 0 saturated heterocycles. The standard InChI is InChI=1S/C59H92O5/c1-4-7-10-13-16-19-22-25-27-29-30-31-32-35-37-40-43-46-49-52-58(60)63-56-57(64-59(61)53-50-47-44-41-38-34-24-21-18-15-12-9-6-3)55-62-54-51-48-45-42-39-36-33-28-26-23-20-17-14-11-8-5-2/h7-12,16-21,25-28,30-31,34,36,38-39,45,48,57H,4-6,13-15,22-24,29,32-33,35,37,40-44,46-47,49-56H2,1-3H3/b10-7-,11-8-,12-9-,19-16-,20-17-,21-18-,27-25-,28-26-,31-30-,38-34-,39-36-,48-45-. The van der Waals surface area contributed by atoms with Gasteiger partial charge in [0.25, 0.3) is 0 Å². The van der Waals surface area contributed by atoms with E-state index in [0.29, 0.717) is 19.4 Å². The van der Waals surface area contributed by atoms with Gasteiger partial charge in [0.15, 0.2) is 6.10 Å². The summed E-state index contributed by atoms with van der Waals surface area (Å²) in [6, 6.07) is 0. The van der Waals surface area contributed by atoms with Crippen LogP contribution in [-0.2, 0) is 23.8 Å². The van der Waals surface area contributed by atoms with Crippen molar-refractivity contribution in [2.45, 2.75) is 194 Å². The molecule has 0 aliphatic rings. The molecule has 358 valence electrons. The summed E-state index contributed by atoms with van der Waals surface area (Å²) in [5.74, 6) is -0.502. The van der Waals surface area contributed by atoms with E-state index in [2.05, 4.69) is 167 Å². The average Bonchev–Trinajstić information content (AvgIpc) is 3.30. The van der Waals surface area contributed by atoms with E-state index in [1.54, 1.807) is 0 Å². The van der Waals surface area contributed by atoms with Gasteiger partial charge in [-0.15, -0.1) is 0 Å². The highest BCUT2D eigenvalue weighted by Gasteiger charge is 2.17. The minimum Gasteiger partial charge on any atom is -0.462 e. The van der Waals surface area contributed by atoms with Crippen LogP contribution in [0.4, 0.5) is 0 Å². The summed E-state index contributed by atoms with van der Waals surface area (Å²) in [6.07, 6.45) is 77.3. The Balaban J connectivity index is 4.46. The zero-order valence-electron chi connectivity index (χ0n) is 41.0. The van der Waals surface area contributed by atoms with Crippen LogP contribution in [0.3, 0.4) is 0 Å². The first-order valence-corrected chi connectivity index (χ1v) is 25.4. The van der Waals surface area contributed by atoms with Crippen LogP contribution in [0.1, 0.15) is 188 Å². The van der Waals surface area contributed by atoms with Crippen molar-refractivity contribution >= 4 is 11.9 Å². The molecule has 0 spiro atoms. The molecule has 0 fully saturated rings. The van der Waals surface area contributed by atoms with Crippen molar-refractivity contribution in [3.05, 3.63) is 146 Å². The highest BCUT2D eigenvalue weighted by atomic mass is 16.6. The predicted molar refractivity (Wildman–Crippen MR) is 278 cm³/mol. The fourth-order valence-electron chi connectivity index (χ4n) is 6.22. The maximum absolute atomic E-state index is 12.8. The Morgan fingerprint density at radius 2 is 0.656 bits per heavy atom. The molecule has 0 aromatic rings. The topological polar surface area (TPSA) is 61.8 Å². The lowest BCUT2D eigenvalue weighted by molar-refractivity contribution is -0.162. The van der Waals surface area contributed by atoms with Crippen molar-refractivity contribution in [2.24, 2.45) is 0 Å². The molecule has 0 amide bonds. The molecule has 1 atom stereocenters. The number of unbranched alkanes of at least 4 members (excludes halogenated alkanes) is 9. The third-order valence-corrected chi connectivity index (χ3v) is 9.87. The highest BCUT2D eigenvalue weighted by Crippen LogP contribution is 2.11. The molecular weight excluding hydrogens is 789 g/mol.